The number of rotatable bonds is 3. The second-order valence-electron chi connectivity index (χ2n) is 3.37. The number of nitrogens with zero attached hydrogens (tertiary/aromatic N) is 2. The van der Waals surface area contributed by atoms with E-state index in [1.807, 2.05) is 6.92 Å². The summed E-state index contributed by atoms with van der Waals surface area (Å²) in [6.07, 6.45) is 2.56. The lowest BCUT2D eigenvalue weighted by Gasteiger charge is -2.09. The van der Waals surface area contributed by atoms with Crippen LogP contribution in [0.4, 0.5) is 4.79 Å². The molecule has 1 aliphatic heterocycles. The normalized spacial score (nSPS) is 20.2. The van der Waals surface area contributed by atoms with E-state index in [1.165, 1.54) is 0 Å². The van der Waals surface area contributed by atoms with Gasteiger partial charge in [0.1, 0.15) is 0 Å². The van der Waals surface area contributed by atoms with E-state index in [0.29, 0.717) is 0 Å². The summed E-state index contributed by atoms with van der Waals surface area (Å²) in [7, 11) is 0. The molecule has 2 rings (SSSR count). The van der Waals surface area contributed by atoms with E-state index >= 15 is 0 Å². The number of hydrogen-bond donors (Lipinski definition) is 2. The number of nitrogens with one attached hydrogen (secondary N) is 2. The molecule has 1 fully saturated rings. The topological polar surface area (TPSA) is 76.0 Å². The van der Waals surface area contributed by atoms with E-state index in [9.17, 15) is 9.59 Å². The van der Waals surface area contributed by atoms with Gasteiger partial charge in [-0.3, -0.25) is 14.8 Å². The Kier molecular flexibility index (Phi) is 2.40. The third kappa shape index (κ3) is 1.70. The second-order valence-corrected chi connectivity index (χ2v) is 3.37. The van der Waals surface area contributed by atoms with Gasteiger partial charge in [-0.05, 0) is 12.5 Å². The van der Waals surface area contributed by atoms with Crippen LogP contribution >= 0.6 is 0 Å². The van der Waals surface area contributed by atoms with E-state index in [0.717, 1.165) is 18.7 Å². The lowest BCUT2D eigenvalue weighted by atomic mass is 10.2. The number of amides is 3. The minimum atomic E-state index is -0.605. The van der Waals surface area contributed by atoms with Gasteiger partial charge in [0.05, 0.1) is 5.69 Å². The first-order valence-electron chi connectivity index (χ1n) is 4.85. The summed E-state index contributed by atoms with van der Waals surface area (Å²) in [5.41, 5.74) is 0.722. The second kappa shape index (κ2) is 3.72. The molecule has 0 aliphatic carbocycles. The molecule has 1 aromatic heterocycles. The Labute approximate surface area is 86.6 Å². The summed E-state index contributed by atoms with van der Waals surface area (Å²) < 4.78 is 1.73. The van der Waals surface area contributed by atoms with Crippen molar-refractivity contribution in [3.63, 3.8) is 0 Å². The van der Waals surface area contributed by atoms with Gasteiger partial charge >= 0.3 is 6.03 Å². The Bertz CT molecular complexity index is 399. The van der Waals surface area contributed by atoms with Crippen molar-refractivity contribution >= 4 is 11.9 Å². The van der Waals surface area contributed by atoms with Gasteiger partial charge in [0.15, 0.2) is 6.04 Å². The van der Waals surface area contributed by atoms with Gasteiger partial charge < -0.3 is 5.32 Å². The summed E-state index contributed by atoms with van der Waals surface area (Å²) in [4.78, 5) is 22.4. The minimum absolute atomic E-state index is 0.321. The number of aromatic nitrogens is 2. The molecule has 6 heteroatoms. The average Bonchev–Trinajstić information content (AvgIpc) is 2.73. The zero-order valence-electron chi connectivity index (χ0n) is 8.36. The monoisotopic (exact) mass is 208 g/mol. The van der Waals surface area contributed by atoms with Crippen molar-refractivity contribution in [2.24, 2.45) is 0 Å². The molecule has 0 radical (unpaired) electrons. The first-order chi connectivity index (χ1) is 7.22. The largest absolute Gasteiger partial charge is 0.322 e. The lowest BCUT2D eigenvalue weighted by molar-refractivity contribution is -0.120. The first kappa shape index (κ1) is 9.70. The maximum atomic E-state index is 11.4. The predicted molar refractivity (Wildman–Crippen MR) is 51.9 cm³/mol. The van der Waals surface area contributed by atoms with Crippen LogP contribution in [0.15, 0.2) is 12.3 Å². The van der Waals surface area contributed by atoms with Crippen molar-refractivity contribution in [2.75, 3.05) is 0 Å². The highest BCUT2D eigenvalue weighted by molar-refractivity contribution is 6.04. The zero-order chi connectivity index (χ0) is 10.8. The average molecular weight is 208 g/mol. The van der Waals surface area contributed by atoms with Crippen molar-refractivity contribution in [1.82, 2.24) is 20.4 Å². The van der Waals surface area contributed by atoms with Crippen molar-refractivity contribution in [1.29, 1.82) is 0 Å². The number of carbonyl (C=O) groups excluding carboxylic acids is 2. The standard InChI is InChI=1S/C9H12N4O2/c1-2-5-13-6(3-4-10-13)7-8(14)12-9(15)11-7/h3-4,7H,2,5H2,1H3,(H2,11,12,14,15). The van der Waals surface area contributed by atoms with Crippen LogP contribution in [0.2, 0.25) is 0 Å². The van der Waals surface area contributed by atoms with Gasteiger partial charge in [0.2, 0.25) is 0 Å². The Morgan fingerprint density at radius 1 is 1.53 bits per heavy atom. The molecule has 0 saturated carbocycles. The number of imide groups is 1. The third-order valence-electron chi connectivity index (χ3n) is 2.25. The smallest absolute Gasteiger partial charge is 0.321 e. The molecule has 2 N–H and O–H groups in total. The van der Waals surface area contributed by atoms with E-state index in [4.69, 9.17) is 0 Å². The number of hydrogen-bond acceptors (Lipinski definition) is 3. The molecular formula is C9H12N4O2. The first-order valence-corrected chi connectivity index (χ1v) is 4.85. The number of aryl methyl sites for hydroxylation is 1. The van der Waals surface area contributed by atoms with E-state index in [1.54, 1.807) is 16.9 Å². The molecule has 1 aromatic rings. The molecule has 1 atom stereocenters. The molecule has 0 spiro atoms. The summed E-state index contributed by atoms with van der Waals surface area (Å²) in [5.74, 6) is -0.321. The fraction of sp³-hybridized carbons (Fsp3) is 0.444. The van der Waals surface area contributed by atoms with Gasteiger partial charge in [0, 0.05) is 12.7 Å². The van der Waals surface area contributed by atoms with Crippen LogP contribution in [-0.2, 0) is 11.3 Å². The molecule has 1 aliphatic rings. The minimum Gasteiger partial charge on any atom is -0.321 e. The molecule has 80 valence electrons. The highest BCUT2D eigenvalue weighted by Crippen LogP contribution is 2.16. The summed E-state index contributed by atoms with van der Waals surface area (Å²) in [5, 5.41) is 8.83. The van der Waals surface area contributed by atoms with E-state index < -0.39 is 12.1 Å². The van der Waals surface area contributed by atoms with Crippen LogP contribution in [0.1, 0.15) is 25.1 Å². The predicted octanol–water partition coefficient (Wildman–Crippen LogP) is 0.174. The highest BCUT2D eigenvalue weighted by atomic mass is 16.2. The molecule has 3 amide bonds. The van der Waals surface area contributed by atoms with Gasteiger partial charge in [-0.2, -0.15) is 5.10 Å². The molecule has 0 bridgehead atoms. The van der Waals surface area contributed by atoms with Crippen molar-refractivity contribution in [3.8, 4) is 0 Å². The van der Waals surface area contributed by atoms with Gasteiger partial charge in [-0.15, -0.1) is 0 Å². The van der Waals surface area contributed by atoms with Crippen LogP contribution in [0.5, 0.6) is 0 Å². The SMILES string of the molecule is CCCn1nccc1C1NC(=O)NC1=O. The van der Waals surface area contributed by atoms with Gasteiger partial charge in [0.25, 0.3) is 5.91 Å². The third-order valence-corrected chi connectivity index (χ3v) is 2.25. The van der Waals surface area contributed by atoms with E-state index in [2.05, 4.69) is 15.7 Å². The summed E-state index contributed by atoms with van der Waals surface area (Å²) in [6.45, 7) is 2.76. The molecular weight excluding hydrogens is 196 g/mol. The van der Waals surface area contributed by atoms with Gasteiger partial charge in [-0.25, -0.2) is 4.79 Å². The quantitative estimate of drug-likeness (QED) is 0.695. The summed E-state index contributed by atoms with van der Waals surface area (Å²) in [6, 6.07) is 0.687. The molecule has 1 saturated heterocycles. The van der Waals surface area contributed by atoms with Crippen LogP contribution in [0.3, 0.4) is 0 Å². The molecule has 0 aromatic carbocycles. The molecule has 6 nitrogen and oxygen atoms in total. The molecule has 2 heterocycles. The van der Waals surface area contributed by atoms with Crippen molar-refractivity contribution in [3.05, 3.63) is 18.0 Å². The van der Waals surface area contributed by atoms with Crippen LogP contribution < -0.4 is 10.6 Å². The fourth-order valence-electron chi connectivity index (χ4n) is 1.61. The Balaban J connectivity index is 2.25. The Morgan fingerprint density at radius 2 is 2.33 bits per heavy atom. The Morgan fingerprint density at radius 3 is 2.93 bits per heavy atom. The maximum absolute atomic E-state index is 11.4. The summed E-state index contributed by atoms with van der Waals surface area (Å²) >= 11 is 0. The van der Waals surface area contributed by atoms with Crippen molar-refractivity contribution < 1.29 is 9.59 Å². The highest BCUT2D eigenvalue weighted by Gasteiger charge is 2.32. The molecule has 15 heavy (non-hydrogen) atoms. The number of urea groups is 1. The van der Waals surface area contributed by atoms with Crippen molar-refractivity contribution in [2.45, 2.75) is 25.9 Å². The maximum Gasteiger partial charge on any atom is 0.322 e. The van der Waals surface area contributed by atoms with E-state index in [-0.39, 0.29) is 5.91 Å². The van der Waals surface area contributed by atoms with Crippen LogP contribution in [0, 0.1) is 0 Å². The van der Waals surface area contributed by atoms with Crippen LogP contribution in [-0.4, -0.2) is 21.7 Å². The zero-order valence-corrected chi connectivity index (χ0v) is 8.36. The fourth-order valence-corrected chi connectivity index (χ4v) is 1.61. The number of carbonyl (C=O) groups is 2. The van der Waals surface area contributed by atoms with Crippen LogP contribution in [0.25, 0.3) is 0 Å². The molecule has 1 unspecified atom stereocenters. The Hall–Kier alpha value is -1.85. The lowest BCUT2D eigenvalue weighted by Crippen LogP contribution is -2.23. The van der Waals surface area contributed by atoms with Gasteiger partial charge in [-0.1, -0.05) is 6.92 Å².